The summed E-state index contributed by atoms with van der Waals surface area (Å²) in [7, 11) is 0. The predicted molar refractivity (Wildman–Crippen MR) is 90.5 cm³/mol. The lowest BCUT2D eigenvalue weighted by atomic mass is 9.99. The van der Waals surface area contributed by atoms with Crippen molar-refractivity contribution in [2.24, 2.45) is 4.99 Å². The van der Waals surface area contributed by atoms with Crippen LogP contribution in [0.5, 0.6) is 0 Å². The van der Waals surface area contributed by atoms with E-state index in [-0.39, 0.29) is 5.97 Å². The lowest BCUT2D eigenvalue weighted by Crippen LogP contribution is -2.18. The van der Waals surface area contributed by atoms with Crippen molar-refractivity contribution in [1.29, 1.82) is 0 Å². The molecule has 0 aromatic heterocycles. The van der Waals surface area contributed by atoms with Gasteiger partial charge in [0.2, 0.25) is 5.90 Å². The Balaban J connectivity index is 1.66. The van der Waals surface area contributed by atoms with Crippen LogP contribution in [0.3, 0.4) is 0 Å². The fraction of sp³-hybridized carbons (Fsp3) is 0.100. The first-order chi connectivity index (χ1) is 11.3. The van der Waals surface area contributed by atoms with Gasteiger partial charge in [0, 0.05) is 12.0 Å². The Hall–Kier alpha value is -2.94. The number of rotatable bonds is 3. The first-order valence-electron chi connectivity index (χ1n) is 7.63. The number of benzene rings is 3. The molecule has 3 nitrogen and oxygen atoms in total. The average molecular weight is 301 g/mol. The highest BCUT2D eigenvalue weighted by atomic mass is 16.6. The Morgan fingerprint density at radius 3 is 2.48 bits per heavy atom. The molecular weight excluding hydrogens is 286 g/mol. The van der Waals surface area contributed by atoms with Crippen LogP contribution in [0.4, 0.5) is 0 Å². The maximum Gasteiger partial charge on any atom is 0.338 e. The number of hydrogen-bond acceptors (Lipinski definition) is 3. The van der Waals surface area contributed by atoms with Crippen molar-refractivity contribution in [2.45, 2.75) is 12.5 Å². The van der Waals surface area contributed by atoms with E-state index in [0.29, 0.717) is 12.3 Å². The number of ether oxygens (including phenoxy) is 1. The van der Waals surface area contributed by atoms with Crippen molar-refractivity contribution < 1.29 is 9.53 Å². The number of cyclic esters (lactones) is 1. The zero-order valence-corrected chi connectivity index (χ0v) is 12.5. The van der Waals surface area contributed by atoms with E-state index < -0.39 is 6.04 Å². The van der Waals surface area contributed by atoms with E-state index >= 15 is 0 Å². The van der Waals surface area contributed by atoms with Gasteiger partial charge in [0.25, 0.3) is 0 Å². The van der Waals surface area contributed by atoms with Crippen molar-refractivity contribution in [2.75, 3.05) is 0 Å². The molecule has 0 fully saturated rings. The zero-order valence-electron chi connectivity index (χ0n) is 12.5. The topological polar surface area (TPSA) is 38.7 Å². The molecule has 0 N–H and O–H groups in total. The fourth-order valence-corrected chi connectivity index (χ4v) is 2.91. The van der Waals surface area contributed by atoms with Crippen molar-refractivity contribution >= 4 is 22.6 Å². The number of aliphatic imine (C=N–C) groups is 1. The van der Waals surface area contributed by atoms with E-state index in [1.165, 1.54) is 5.39 Å². The second kappa shape index (κ2) is 5.69. The van der Waals surface area contributed by atoms with Gasteiger partial charge in [-0.3, -0.25) is 0 Å². The molecule has 1 aliphatic heterocycles. The maximum absolute atomic E-state index is 12.2. The van der Waals surface area contributed by atoms with E-state index in [1.54, 1.807) is 0 Å². The molecule has 0 aliphatic carbocycles. The summed E-state index contributed by atoms with van der Waals surface area (Å²) in [5.74, 6) is 0.137. The number of nitrogens with zero attached hydrogens (tertiary/aromatic N) is 1. The highest BCUT2D eigenvalue weighted by molar-refractivity contribution is 6.06. The first-order valence-corrected chi connectivity index (χ1v) is 7.63. The van der Waals surface area contributed by atoms with Crippen LogP contribution in [0.2, 0.25) is 0 Å². The highest BCUT2D eigenvalue weighted by Crippen LogP contribution is 2.23. The summed E-state index contributed by atoms with van der Waals surface area (Å²) in [6.07, 6.45) is 0.552. The molecule has 1 aliphatic rings. The quantitative estimate of drug-likeness (QED) is 0.691. The third-order valence-electron chi connectivity index (χ3n) is 4.06. The molecule has 3 aromatic carbocycles. The molecule has 0 radical (unpaired) electrons. The summed E-state index contributed by atoms with van der Waals surface area (Å²) in [5, 5.41) is 2.33. The van der Waals surface area contributed by atoms with E-state index in [0.717, 1.165) is 16.5 Å². The Morgan fingerprint density at radius 2 is 1.61 bits per heavy atom. The van der Waals surface area contributed by atoms with Crippen LogP contribution in [-0.2, 0) is 16.0 Å². The van der Waals surface area contributed by atoms with Gasteiger partial charge in [-0.05, 0) is 28.5 Å². The summed E-state index contributed by atoms with van der Waals surface area (Å²) in [5.41, 5.74) is 1.95. The van der Waals surface area contributed by atoms with E-state index in [4.69, 9.17) is 4.74 Å². The Bertz CT molecular complexity index is 894. The lowest BCUT2D eigenvalue weighted by molar-refractivity contribution is -0.134. The van der Waals surface area contributed by atoms with Gasteiger partial charge < -0.3 is 4.74 Å². The molecule has 0 saturated carbocycles. The Morgan fingerprint density at radius 1 is 0.870 bits per heavy atom. The molecule has 1 heterocycles. The SMILES string of the molecule is O=C1OC(c2ccccc2)=NC1Cc1cccc2ccccc12. The van der Waals surface area contributed by atoms with Gasteiger partial charge in [-0.25, -0.2) is 9.79 Å². The number of carbonyl (C=O) groups is 1. The van der Waals surface area contributed by atoms with Crippen LogP contribution in [-0.4, -0.2) is 17.9 Å². The summed E-state index contributed by atoms with van der Waals surface area (Å²) >= 11 is 0. The van der Waals surface area contributed by atoms with E-state index in [9.17, 15) is 4.79 Å². The Kier molecular flexibility index (Phi) is 3.39. The number of esters is 1. The molecular formula is C20H15NO2. The van der Waals surface area contributed by atoms with Gasteiger partial charge in [0.15, 0.2) is 6.04 Å². The minimum absolute atomic E-state index is 0.281. The summed E-state index contributed by atoms with van der Waals surface area (Å²) in [6, 6.07) is 23.4. The normalized spacial score (nSPS) is 17.1. The molecule has 3 aromatic rings. The van der Waals surface area contributed by atoms with Crippen molar-refractivity contribution in [3.63, 3.8) is 0 Å². The van der Waals surface area contributed by atoms with Gasteiger partial charge in [0.05, 0.1) is 0 Å². The standard InChI is InChI=1S/C20H15NO2/c22-20-18(21-19(23-20)15-8-2-1-3-9-15)13-16-11-6-10-14-7-4-5-12-17(14)16/h1-12,18H,13H2. The molecule has 3 heteroatoms. The zero-order chi connectivity index (χ0) is 15.6. The molecule has 0 bridgehead atoms. The summed E-state index contributed by atoms with van der Waals surface area (Å²) in [6.45, 7) is 0. The third kappa shape index (κ3) is 2.61. The van der Waals surface area contributed by atoms with E-state index in [2.05, 4.69) is 23.2 Å². The van der Waals surface area contributed by atoms with Crippen LogP contribution in [0.15, 0.2) is 77.8 Å². The van der Waals surface area contributed by atoms with Crippen LogP contribution in [0.25, 0.3) is 10.8 Å². The first kappa shape index (κ1) is 13.7. The average Bonchev–Trinajstić information content (AvgIpc) is 2.97. The maximum atomic E-state index is 12.2. The van der Waals surface area contributed by atoms with Gasteiger partial charge in [0.1, 0.15) is 0 Å². The highest BCUT2D eigenvalue weighted by Gasteiger charge is 2.30. The Labute approximate surface area is 134 Å². The molecule has 23 heavy (non-hydrogen) atoms. The van der Waals surface area contributed by atoms with E-state index in [1.807, 2.05) is 54.6 Å². The van der Waals surface area contributed by atoms with Crippen LogP contribution >= 0.6 is 0 Å². The van der Waals surface area contributed by atoms with Gasteiger partial charge in [-0.15, -0.1) is 0 Å². The van der Waals surface area contributed by atoms with Crippen molar-refractivity contribution in [3.05, 3.63) is 83.9 Å². The minimum Gasteiger partial charge on any atom is -0.406 e. The predicted octanol–water partition coefficient (Wildman–Crippen LogP) is 3.75. The lowest BCUT2D eigenvalue weighted by Gasteiger charge is -2.07. The molecule has 0 spiro atoms. The number of carbonyl (C=O) groups excluding carboxylic acids is 1. The monoisotopic (exact) mass is 301 g/mol. The summed E-state index contributed by atoms with van der Waals surface area (Å²) in [4.78, 5) is 16.6. The fourth-order valence-electron chi connectivity index (χ4n) is 2.91. The number of fused-ring (bicyclic) bond motifs is 1. The van der Waals surface area contributed by atoms with Gasteiger partial charge >= 0.3 is 5.97 Å². The van der Waals surface area contributed by atoms with Crippen LogP contribution < -0.4 is 0 Å². The van der Waals surface area contributed by atoms with Crippen LogP contribution in [0.1, 0.15) is 11.1 Å². The van der Waals surface area contributed by atoms with Gasteiger partial charge in [-0.1, -0.05) is 60.7 Å². The van der Waals surface area contributed by atoms with Crippen molar-refractivity contribution in [1.82, 2.24) is 0 Å². The summed E-state index contributed by atoms with van der Waals surface area (Å²) < 4.78 is 5.36. The molecule has 1 atom stereocenters. The third-order valence-corrected chi connectivity index (χ3v) is 4.06. The largest absolute Gasteiger partial charge is 0.406 e. The molecule has 1 unspecified atom stereocenters. The van der Waals surface area contributed by atoms with Crippen molar-refractivity contribution in [3.8, 4) is 0 Å². The minimum atomic E-state index is -0.476. The number of hydrogen-bond donors (Lipinski definition) is 0. The smallest absolute Gasteiger partial charge is 0.338 e. The molecule has 0 amide bonds. The molecule has 0 saturated heterocycles. The van der Waals surface area contributed by atoms with Crippen LogP contribution in [0, 0.1) is 0 Å². The second-order valence-electron chi connectivity index (χ2n) is 5.58. The molecule has 112 valence electrons. The molecule has 4 rings (SSSR count). The second-order valence-corrected chi connectivity index (χ2v) is 5.58. The van der Waals surface area contributed by atoms with Gasteiger partial charge in [-0.2, -0.15) is 0 Å².